The monoisotopic (exact) mass is 208 g/mol. The van der Waals surface area contributed by atoms with Crippen LogP contribution < -0.4 is 15.8 Å². The first-order valence-corrected chi connectivity index (χ1v) is 5.00. The Balaban J connectivity index is 3.04. The Morgan fingerprint density at radius 2 is 2.20 bits per heavy atom. The number of nitrogen functional groups attached to an aromatic ring is 1. The summed E-state index contributed by atoms with van der Waals surface area (Å²) in [6.45, 7) is 4.79. The maximum absolute atomic E-state index is 11.6. The second-order valence-corrected chi connectivity index (χ2v) is 3.02. The van der Waals surface area contributed by atoms with Gasteiger partial charge in [-0.15, -0.1) is 0 Å². The average molecular weight is 208 g/mol. The van der Waals surface area contributed by atoms with Crippen LogP contribution in [0.4, 0.5) is 5.69 Å². The first-order valence-electron chi connectivity index (χ1n) is 5.00. The predicted octanol–water partition coefficient (Wildman–Crippen LogP) is 1.42. The molecule has 0 heterocycles. The van der Waals surface area contributed by atoms with Crippen LogP contribution in [0.15, 0.2) is 18.2 Å². The minimum atomic E-state index is -0.159. The number of carbonyl (C=O) groups excluding carboxylic acids is 1. The van der Waals surface area contributed by atoms with E-state index in [4.69, 9.17) is 10.5 Å². The maximum Gasteiger partial charge on any atom is 0.255 e. The van der Waals surface area contributed by atoms with Crippen LogP contribution in [0.2, 0.25) is 0 Å². The Kier molecular flexibility index (Phi) is 3.97. The number of rotatable bonds is 4. The molecule has 0 unspecified atom stereocenters. The quantitative estimate of drug-likeness (QED) is 0.735. The number of para-hydroxylation sites is 1. The SMILES string of the molecule is CCNC(=O)c1cccc(N)c1OCC. The van der Waals surface area contributed by atoms with Gasteiger partial charge in [-0.05, 0) is 26.0 Å². The lowest BCUT2D eigenvalue weighted by atomic mass is 10.1. The molecule has 1 aromatic carbocycles. The zero-order valence-corrected chi connectivity index (χ0v) is 9.04. The van der Waals surface area contributed by atoms with Gasteiger partial charge in [0.15, 0.2) is 5.75 Å². The Morgan fingerprint density at radius 1 is 1.47 bits per heavy atom. The van der Waals surface area contributed by atoms with E-state index in [0.29, 0.717) is 30.2 Å². The standard InChI is InChI=1S/C11H16N2O2/c1-3-13-11(14)8-6-5-7-9(12)10(8)15-4-2/h5-7H,3-4,12H2,1-2H3,(H,13,14). The smallest absolute Gasteiger partial charge is 0.255 e. The number of hydrogen-bond acceptors (Lipinski definition) is 3. The fourth-order valence-corrected chi connectivity index (χ4v) is 1.29. The Hall–Kier alpha value is -1.71. The van der Waals surface area contributed by atoms with Crippen molar-refractivity contribution >= 4 is 11.6 Å². The summed E-state index contributed by atoms with van der Waals surface area (Å²) in [6.07, 6.45) is 0. The summed E-state index contributed by atoms with van der Waals surface area (Å²) < 4.78 is 5.35. The van der Waals surface area contributed by atoms with Gasteiger partial charge in [-0.1, -0.05) is 6.07 Å². The Bertz CT molecular complexity index is 350. The van der Waals surface area contributed by atoms with Crippen LogP contribution in [0.5, 0.6) is 5.75 Å². The van der Waals surface area contributed by atoms with Crippen molar-refractivity contribution < 1.29 is 9.53 Å². The minimum Gasteiger partial charge on any atom is -0.491 e. The number of amides is 1. The summed E-state index contributed by atoms with van der Waals surface area (Å²) in [5.41, 5.74) is 6.71. The van der Waals surface area contributed by atoms with Crippen LogP contribution in [0.1, 0.15) is 24.2 Å². The van der Waals surface area contributed by atoms with Gasteiger partial charge < -0.3 is 15.8 Å². The number of hydrogen-bond donors (Lipinski definition) is 2. The largest absolute Gasteiger partial charge is 0.491 e. The van der Waals surface area contributed by atoms with Gasteiger partial charge in [-0.25, -0.2) is 0 Å². The number of nitrogens with one attached hydrogen (secondary N) is 1. The minimum absolute atomic E-state index is 0.159. The predicted molar refractivity (Wildman–Crippen MR) is 60.0 cm³/mol. The molecule has 82 valence electrons. The van der Waals surface area contributed by atoms with Gasteiger partial charge in [0.25, 0.3) is 5.91 Å². The van der Waals surface area contributed by atoms with Crippen molar-refractivity contribution in [1.82, 2.24) is 5.32 Å². The highest BCUT2D eigenvalue weighted by Gasteiger charge is 2.13. The van der Waals surface area contributed by atoms with Crippen LogP contribution in [0.3, 0.4) is 0 Å². The number of carbonyl (C=O) groups is 1. The van der Waals surface area contributed by atoms with Gasteiger partial charge in [0.1, 0.15) is 0 Å². The number of anilines is 1. The van der Waals surface area contributed by atoms with E-state index in [-0.39, 0.29) is 5.91 Å². The molecule has 0 aromatic heterocycles. The molecule has 1 amide bonds. The molecule has 0 spiro atoms. The third kappa shape index (κ3) is 2.62. The van der Waals surface area contributed by atoms with Crippen molar-refractivity contribution in [1.29, 1.82) is 0 Å². The van der Waals surface area contributed by atoms with Crippen molar-refractivity contribution in [3.63, 3.8) is 0 Å². The molecule has 1 rings (SSSR count). The second kappa shape index (κ2) is 5.24. The first-order chi connectivity index (χ1) is 7.20. The summed E-state index contributed by atoms with van der Waals surface area (Å²) in [4.78, 5) is 11.6. The average Bonchev–Trinajstić information content (AvgIpc) is 2.21. The molecule has 3 N–H and O–H groups in total. The van der Waals surface area contributed by atoms with Crippen LogP contribution >= 0.6 is 0 Å². The lowest BCUT2D eigenvalue weighted by molar-refractivity contribution is 0.0952. The number of ether oxygens (including phenoxy) is 1. The van der Waals surface area contributed by atoms with Crippen molar-refractivity contribution in [2.45, 2.75) is 13.8 Å². The van der Waals surface area contributed by atoms with Gasteiger partial charge >= 0.3 is 0 Å². The maximum atomic E-state index is 11.6. The van der Waals surface area contributed by atoms with Crippen molar-refractivity contribution in [3.05, 3.63) is 23.8 Å². The van der Waals surface area contributed by atoms with Crippen molar-refractivity contribution in [2.24, 2.45) is 0 Å². The molecule has 0 bridgehead atoms. The summed E-state index contributed by atoms with van der Waals surface area (Å²) in [5.74, 6) is 0.305. The van der Waals surface area contributed by atoms with Gasteiger partial charge in [0.2, 0.25) is 0 Å². The summed E-state index contributed by atoms with van der Waals surface area (Å²) in [5, 5.41) is 2.71. The molecule has 0 atom stereocenters. The Labute approximate surface area is 89.4 Å². The fraction of sp³-hybridized carbons (Fsp3) is 0.364. The zero-order chi connectivity index (χ0) is 11.3. The second-order valence-electron chi connectivity index (χ2n) is 3.02. The topological polar surface area (TPSA) is 64.4 Å². The van der Waals surface area contributed by atoms with Crippen LogP contribution in [0.25, 0.3) is 0 Å². The van der Waals surface area contributed by atoms with Crippen LogP contribution in [-0.2, 0) is 0 Å². The summed E-state index contributed by atoms with van der Waals surface area (Å²) in [6, 6.07) is 5.16. The molecule has 0 radical (unpaired) electrons. The highest BCUT2D eigenvalue weighted by Crippen LogP contribution is 2.26. The Morgan fingerprint density at radius 3 is 2.80 bits per heavy atom. The molecule has 1 aromatic rings. The number of benzene rings is 1. The van der Waals surface area contributed by atoms with E-state index in [9.17, 15) is 4.79 Å². The van der Waals surface area contributed by atoms with Gasteiger partial charge in [-0.3, -0.25) is 4.79 Å². The lowest BCUT2D eigenvalue weighted by Gasteiger charge is -2.11. The fourth-order valence-electron chi connectivity index (χ4n) is 1.29. The highest BCUT2D eigenvalue weighted by atomic mass is 16.5. The van der Waals surface area contributed by atoms with E-state index in [1.54, 1.807) is 18.2 Å². The van der Waals surface area contributed by atoms with Crippen LogP contribution in [0, 0.1) is 0 Å². The molecule has 0 saturated carbocycles. The molecule has 15 heavy (non-hydrogen) atoms. The molecule has 0 fully saturated rings. The molecule has 4 heteroatoms. The van der Waals surface area contributed by atoms with Gasteiger partial charge in [-0.2, -0.15) is 0 Å². The molecule has 0 aliphatic carbocycles. The highest BCUT2D eigenvalue weighted by molar-refractivity contribution is 5.98. The normalized spacial score (nSPS) is 9.73. The molecular formula is C11H16N2O2. The van der Waals surface area contributed by atoms with Crippen molar-refractivity contribution in [2.75, 3.05) is 18.9 Å². The van der Waals surface area contributed by atoms with E-state index in [1.165, 1.54) is 0 Å². The molecule has 0 saturated heterocycles. The summed E-state index contributed by atoms with van der Waals surface area (Å²) in [7, 11) is 0. The molecular weight excluding hydrogens is 192 g/mol. The third-order valence-electron chi connectivity index (χ3n) is 1.92. The van der Waals surface area contributed by atoms with E-state index in [1.807, 2.05) is 13.8 Å². The molecule has 0 aliphatic heterocycles. The van der Waals surface area contributed by atoms with E-state index in [2.05, 4.69) is 5.32 Å². The van der Waals surface area contributed by atoms with E-state index >= 15 is 0 Å². The number of nitrogens with two attached hydrogens (primary N) is 1. The van der Waals surface area contributed by atoms with Gasteiger partial charge in [0.05, 0.1) is 17.9 Å². The molecule has 0 aliphatic rings. The van der Waals surface area contributed by atoms with Crippen molar-refractivity contribution in [3.8, 4) is 5.75 Å². The first kappa shape index (κ1) is 11.4. The van der Waals surface area contributed by atoms with Crippen LogP contribution in [-0.4, -0.2) is 19.1 Å². The third-order valence-corrected chi connectivity index (χ3v) is 1.92. The van der Waals surface area contributed by atoms with E-state index < -0.39 is 0 Å². The zero-order valence-electron chi connectivity index (χ0n) is 9.04. The summed E-state index contributed by atoms with van der Waals surface area (Å²) >= 11 is 0. The molecule has 4 nitrogen and oxygen atoms in total. The van der Waals surface area contributed by atoms with E-state index in [0.717, 1.165) is 0 Å². The van der Waals surface area contributed by atoms with Gasteiger partial charge in [0, 0.05) is 6.54 Å². The lowest BCUT2D eigenvalue weighted by Crippen LogP contribution is -2.23.